The summed E-state index contributed by atoms with van der Waals surface area (Å²) in [4.78, 5) is 0. The van der Waals surface area contributed by atoms with E-state index in [1.165, 1.54) is 22.3 Å². The van der Waals surface area contributed by atoms with Crippen molar-refractivity contribution in [3.63, 3.8) is 0 Å². The Morgan fingerprint density at radius 1 is 0.571 bits per heavy atom. The summed E-state index contributed by atoms with van der Waals surface area (Å²) in [6.45, 7) is 25.6. The molecule has 0 nitrogen and oxygen atoms in total. The highest BCUT2D eigenvalue weighted by Crippen LogP contribution is 2.40. The third-order valence-electron chi connectivity index (χ3n) is 4.24. The molecule has 21 heavy (non-hydrogen) atoms. The summed E-state index contributed by atoms with van der Waals surface area (Å²) in [6.07, 6.45) is 0. The van der Waals surface area contributed by atoms with Crippen LogP contribution in [0, 0.1) is 0 Å². The average molecular weight is 289 g/mol. The Labute approximate surface area is 133 Å². The largest absolute Gasteiger partial charge is 0.0587 e. The first-order chi connectivity index (χ1) is 9.15. The molecule has 0 radical (unpaired) electrons. The van der Waals surface area contributed by atoms with Crippen LogP contribution in [0.3, 0.4) is 0 Å². The van der Waals surface area contributed by atoms with Crippen molar-refractivity contribution in [1.29, 1.82) is 0 Å². The van der Waals surface area contributed by atoms with Gasteiger partial charge < -0.3 is 0 Å². The number of hydrogen-bond donors (Lipinski definition) is 0. The normalized spacial score (nSPS) is 13.9. The standard InChI is InChI=1S/C21H36/c1-14(2)15-12-17(20(6,7)8)18(21(9,10)11)13-16(15)19(3,4)5/h12-14H,1-11H3. The Hall–Kier alpha value is -0.780. The molecule has 0 fully saturated rings. The molecule has 0 aliphatic rings. The highest BCUT2D eigenvalue weighted by Gasteiger charge is 2.29. The predicted molar refractivity (Wildman–Crippen MR) is 96.6 cm³/mol. The SMILES string of the molecule is CC(C)c1cc(C(C)(C)C)c(C(C)(C)C)cc1C(C)(C)C. The summed E-state index contributed by atoms with van der Waals surface area (Å²) in [5.41, 5.74) is 6.59. The molecule has 1 aromatic carbocycles. The molecular weight excluding hydrogens is 252 g/mol. The number of rotatable bonds is 1. The van der Waals surface area contributed by atoms with Crippen LogP contribution in [0.2, 0.25) is 0 Å². The third kappa shape index (κ3) is 4.11. The van der Waals surface area contributed by atoms with Crippen molar-refractivity contribution in [2.24, 2.45) is 0 Å². The van der Waals surface area contributed by atoms with Crippen LogP contribution >= 0.6 is 0 Å². The van der Waals surface area contributed by atoms with Crippen molar-refractivity contribution in [2.75, 3.05) is 0 Å². The summed E-state index contributed by atoms with van der Waals surface area (Å²) >= 11 is 0. The summed E-state index contributed by atoms with van der Waals surface area (Å²) in [5, 5.41) is 0. The van der Waals surface area contributed by atoms with Gasteiger partial charge in [0.2, 0.25) is 0 Å². The first-order valence-electron chi connectivity index (χ1n) is 8.35. The van der Waals surface area contributed by atoms with E-state index in [0.717, 1.165) is 0 Å². The predicted octanol–water partition coefficient (Wildman–Crippen LogP) is 6.70. The maximum Gasteiger partial charge on any atom is -0.0129 e. The zero-order chi connectivity index (χ0) is 16.8. The fourth-order valence-electron chi connectivity index (χ4n) is 2.98. The quantitative estimate of drug-likeness (QED) is 0.539. The molecule has 0 unspecified atom stereocenters. The lowest BCUT2D eigenvalue weighted by molar-refractivity contribution is 0.518. The van der Waals surface area contributed by atoms with Crippen LogP contribution in [-0.2, 0) is 16.2 Å². The zero-order valence-electron chi connectivity index (χ0n) is 16.2. The van der Waals surface area contributed by atoms with E-state index in [1.807, 2.05) is 0 Å². The second kappa shape index (κ2) is 5.45. The summed E-state index contributed by atoms with van der Waals surface area (Å²) in [5.74, 6) is 0.564. The minimum atomic E-state index is 0.179. The van der Waals surface area contributed by atoms with Gasteiger partial charge in [-0.25, -0.2) is 0 Å². The van der Waals surface area contributed by atoms with E-state index in [0.29, 0.717) is 5.92 Å². The Balaban J connectivity index is 3.80. The molecule has 0 aliphatic carbocycles. The fraction of sp³-hybridized carbons (Fsp3) is 0.714. The van der Waals surface area contributed by atoms with Crippen LogP contribution in [0.25, 0.3) is 0 Å². The van der Waals surface area contributed by atoms with Crippen molar-refractivity contribution in [1.82, 2.24) is 0 Å². The molecule has 0 N–H and O–H groups in total. The fourth-order valence-corrected chi connectivity index (χ4v) is 2.98. The topological polar surface area (TPSA) is 0 Å². The molecule has 0 aromatic heterocycles. The summed E-state index contributed by atoms with van der Waals surface area (Å²) in [7, 11) is 0. The van der Waals surface area contributed by atoms with E-state index in [1.54, 1.807) is 0 Å². The number of benzene rings is 1. The van der Waals surface area contributed by atoms with Crippen molar-refractivity contribution in [2.45, 2.75) is 98.3 Å². The highest BCUT2D eigenvalue weighted by atomic mass is 14.3. The average Bonchev–Trinajstić information content (AvgIpc) is 2.23. The Morgan fingerprint density at radius 2 is 0.905 bits per heavy atom. The van der Waals surface area contributed by atoms with E-state index >= 15 is 0 Å². The monoisotopic (exact) mass is 288 g/mol. The zero-order valence-corrected chi connectivity index (χ0v) is 16.2. The number of hydrogen-bond acceptors (Lipinski definition) is 0. The van der Waals surface area contributed by atoms with Gasteiger partial charge >= 0.3 is 0 Å². The molecule has 0 saturated carbocycles. The molecular formula is C21H36. The van der Waals surface area contributed by atoms with Gasteiger partial charge in [-0.1, -0.05) is 88.3 Å². The summed E-state index contributed by atoms with van der Waals surface area (Å²) in [6, 6.07) is 4.99. The lowest BCUT2D eigenvalue weighted by Gasteiger charge is -2.35. The van der Waals surface area contributed by atoms with Gasteiger partial charge in [0.1, 0.15) is 0 Å². The smallest absolute Gasteiger partial charge is 0.0129 e. The lowest BCUT2D eigenvalue weighted by Crippen LogP contribution is -2.25. The molecule has 1 aromatic rings. The van der Waals surface area contributed by atoms with Gasteiger partial charge in [-0.15, -0.1) is 0 Å². The van der Waals surface area contributed by atoms with Gasteiger partial charge in [0.15, 0.2) is 0 Å². The second-order valence-corrected chi connectivity index (χ2v) is 9.89. The van der Waals surface area contributed by atoms with E-state index < -0.39 is 0 Å². The van der Waals surface area contributed by atoms with Gasteiger partial charge in [0.25, 0.3) is 0 Å². The van der Waals surface area contributed by atoms with Crippen molar-refractivity contribution in [3.8, 4) is 0 Å². The van der Waals surface area contributed by atoms with E-state index in [9.17, 15) is 0 Å². The minimum Gasteiger partial charge on any atom is -0.0587 e. The third-order valence-corrected chi connectivity index (χ3v) is 4.24. The molecule has 0 saturated heterocycles. The van der Waals surface area contributed by atoms with E-state index in [-0.39, 0.29) is 16.2 Å². The Bertz CT molecular complexity index is 497. The van der Waals surface area contributed by atoms with Crippen LogP contribution in [0.15, 0.2) is 12.1 Å². The van der Waals surface area contributed by atoms with Crippen molar-refractivity contribution < 1.29 is 0 Å². The Morgan fingerprint density at radius 3 is 1.19 bits per heavy atom. The molecule has 120 valence electrons. The molecule has 0 atom stereocenters. The maximum atomic E-state index is 2.50. The van der Waals surface area contributed by atoms with Crippen LogP contribution in [0.5, 0.6) is 0 Å². The van der Waals surface area contributed by atoms with Gasteiger partial charge in [-0.05, 0) is 44.4 Å². The van der Waals surface area contributed by atoms with E-state index in [4.69, 9.17) is 0 Å². The van der Waals surface area contributed by atoms with E-state index in [2.05, 4.69) is 88.3 Å². The Kier molecular flexibility index (Phi) is 4.74. The van der Waals surface area contributed by atoms with Gasteiger partial charge in [0, 0.05) is 0 Å². The molecule has 0 bridgehead atoms. The van der Waals surface area contributed by atoms with Gasteiger partial charge in [-0.2, -0.15) is 0 Å². The molecule has 0 spiro atoms. The minimum absolute atomic E-state index is 0.179. The molecule has 0 heterocycles. The van der Waals surface area contributed by atoms with Crippen molar-refractivity contribution >= 4 is 0 Å². The molecule has 1 rings (SSSR count). The first-order valence-corrected chi connectivity index (χ1v) is 8.35. The van der Waals surface area contributed by atoms with Gasteiger partial charge in [-0.3, -0.25) is 0 Å². The second-order valence-electron chi connectivity index (χ2n) is 9.89. The molecule has 0 amide bonds. The summed E-state index contributed by atoms with van der Waals surface area (Å²) < 4.78 is 0. The lowest BCUT2D eigenvalue weighted by atomic mass is 9.70. The molecule has 0 aliphatic heterocycles. The van der Waals surface area contributed by atoms with Crippen LogP contribution in [0.4, 0.5) is 0 Å². The van der Waals surface area contributed by atoms with Crippen LogP contribution in [-0.4, -0.2) is 0 Å². The molecule has 0 heteroatoms. The van der Waals surface area contributed by atoms with Crippen LogP contribution in [0.1, 0.15) is 104 Å². The van der Waals surface area contributed by atoms with Gasteiger partial charge in [0.05, 0.1) is 0 Å². The first kappa shape index (κ1) is 18.3. The highest BCUT2D eigenvalue weighted by molar-refractivity contribution is 5.48. The van der Waals surface area contributed by atoms with Crippen molar-refractivity contribution in [3.05, 3.63) is 34.4 Å². The maximum absolute atomic E-state index is 2.50. The van der Waals surface area contributed by atoms with Crippen LogP contribution < -0.4 is 0 Å².